The second-order valence-electron chi connectivity index (χ2n) is 7.03. The summed E-state index contributed by atoms with van der Waals surface area (Å²) in [5.41, 5.74) is -0.233. The number of aryl methyl sites for hydroxylation is 1. The zero-order valence-corrected chi connectivity index (χ0v) is 16.4. The minimum atomic E-state index is -1.11. The average molecular weight is 402 g/mol. The molecular weight excluding hydrogens is 382 g/mol. The fraction of sp³-hybridized carbons (Fsp3) is 0.263. The zero-order chi connectivity index (χ0) is 20.5. The first-order valence-corrected chi connectivity index (χ1v) is 8.92. The highest BCUT2D eigenvalue weighted by Crippen LogP contribution is 2.20. The lowest BCUT2D eigenvalue weighted by molar-refractivity contribution is 0.0693. The number of nitrogens with zero attached hydrogens (tertiary/aromatic N) is 4. The second kappa shape index (κ2) is 7.57. The molecule has 0 saturated heterocycles. The van der Waals surface area contributed by atoms with Crippen LogP contribution in [0.3, 0.4) is 0 Å². The minimum Gasteiger partial charge on any atom is -0.389 e. The maximum Gasteiger partial charge on any atom is 0.284 e. The van der Waals surface area contributed by atoms with Gasteiger partial charge in [-0.25, -0.2) is 0 Å². The Balaban J connectivity index is 2.12. The largest absolute Gasteiger partial charge is 0.389 e. The smallest absolute Gasteiger partial charge is 0.284 e. The van der Waals surface area contributed by atoms with E-state index in [1.54, 1.807) is 51.4 Å². The van der Waals surface area contributed by atoms with E-state index < -0.39 is 17.1 Å². The van der Waals surface area contributed by atoms with Crippen LogP contribution in [0, 0.1) is 0 Å². The fourth-order valence-electron chi connectivity index (χ4n) is 2.50. The van der Waals surface area contributed by atoms with Crippen LogP contribution in [0.2, 0.25) is 5.02 Å². The van der Waals surface area contributed by atoms with Crippen LogP contribution < -0.4 is 10.9 Å². The van der Waals surface area contributed by atoms with Gasteiger partial charge in [-0.1, -0.05) is 23.7 Å². The molecule has 9 heteroatoms. The quantitative estimate of drug-likeness (QED) is 0.678. The van der Waals surface area contributed by atoms with Gasteiger partial charge >= 0.3 is 0 Å². The number of rotatable bonds is 5. The highest BCUT2D eigenvalue weighted by atomic mass is 35.5. The van der Waals surface area contributed by atoms with Crippen LogP contribution in [-0.4, -0.2) is 42.7 Å². The standard InChI is InChI=1S/C19H20ClN5O3/c1-19(2,28)11-21-17(26)15-8-16(12-4-6-13(20)7-5-12)23-25(18(15)27)14-9-22-24(3)10-14/h4-10,28H,11H2,1-3H3,(H,21,26). The van der Waals surface area contributed by atoms with Gasteiger partial charge in [0.05, 0.1) is 23.7 Å². The predicted octanol–water partition coefficient (Wildman–Crippen LogP) is 1.79. The molecule has 1 aromatic carbocycles. The zero-order valence-electron chi connectivity index (χ0n) is 15.7. The third-order valence-electron chi connectivity index (χ3n) is 3.91. The van der Waals surface area contributed by atoms with Gasteiger partial charge in [-0.3, -0.25) is 14.3 Å². The van der Waals surface area contributed by atoms with Crippen molar-refractivity contribution in [1.82, 2.24) is 24.9 Å². The van der Waals surface area contributed by atoms with Crippen LogP contribution in [0.4, 0.5) is 0 Å². The van der Waals surface area contributed by atoms with Crippen molar-refractivity contribution in [3.8, 4) is 16.9 Å². The molecule has 3 aromatic rings. The Morgan fingerprint density at radius 2 is 1.96 bits per heavy atom. The summed E-state index contributed by atoms with van der Waals surface area (Å²) in [5, 5.41) is 21.4. The van der Waals surface area contributed by atoms with Crippen molar-refractivity contribution < 1.29 is 9.90 Å². The van der Waals surface area contributed by atoms with E-state index >= 15 is 0 Å². The van der Waals surface area contributed by atoms with E-state index in [1.165, 1.54) is 16.9 Å². The first-order valence-electron chi connectivity index (χ1n) is 8.54. The lowest BCUT2D eigenvalue weighted by Gasteiger charge is -2.17. The van der Waals surface area contributed by atoms with Crippen molar-refractivity contribution >= 4 is 17.5 Å². The number of hydrogen-bond acceptors (Lipinski definition) is 5. The number of benzene rings is 1. The molecule has 0 spiro atoms. The van der Waals surface area contributed by atoms with Crippen molar-refractivity contribution in [2.75, 3.05) is 6.54 Å². The number of halogens is 1. The maximum atomic E-state index is 12.9. The topological polar surface area (TPSA) is 102 Å². The first kappa shape index (κ1) is 19.8. The number of aromatic nitrogens is 4. The Labute approximate surface area is 166 Å². The molecule has 8 nitrogen and oxygen atoms in total. The van der Waals surface area contributed by atoms with E-state index in [1.807, 2.05) is 0 Å². The van der Waals surface area contributed by atoms with Gasteiger partial charge in [0.1, 0.15) is 11.3 Å². The molecule has 0 fully saturated rings. The molecule has 146 valence electrons. The number of amides is 1. The lowest BCUT2D eigenvalue weighted by atomic mass is 10.1. The van der Waals surface area contributed by atoms with Gasteiger partial charge in [0.2, 0.25) is 0 Å². The molecule has 0 aliphatic heterocycles. The lowest BCUT2D eigenvalue weighted by Crippen LogP contribution is -2.41. The molecule has 0 atom stereocenters. The summed E-state index contributed by atoms with van der Waals surface area (Å²) in [6, 6.07) is 8.33. The van der Waals surface area contributed by atoms with Gasteiger partial charge in [-0.05, 0) is 32.0 Å². The molecule has 28 heavy (non-hydrogen) atoms. The first-order chi connectivity index (χ1) is 13.1. The van der Waals surface area contributed by atoms with E-state index in [-0.39, 0.29) is 12.1 Å². The highest BCUT2D eigenvalue weighted by Gasteiger charge is 2.20. The molecule has 2 heterocycles. The molecule has 0 radical (unpaired) electrons. The highest BCUT2D eigenvalue weighted by molar-refractivity contribution is 6.30. The summed E-state index contributed by atoms with van der Waals surface area (Å²) in [6.45, 7) is 3.12. The van der Waals surface area contributed by atoms with E-state index in [4.69, 9.17) is 11.6 Å². The van der Waals surface area contributed by atoms with Gasteiger partial charge in [-0.2, -0.15) is 14.9 Å². The third-order valence-corrected chi connectivity index (χ3v) is 4.17. The van der Waals surface area contributed by atoms with Crippen LogP contribution in [0.25, 0.3) is 16.9 Å². The predicted molar refractivity (Wildman–Crippen MR) is 106 cm³/mol. The van der Waals surface area contributed by atoms with E-state index in [2.05, 4.69) is 15.5 Å². The summed E-state index contributed by atoms with van der Waals surface area (Å²) < 4.78 is 2.67. The molecule has 1 amide bonds. The number of carbonyl (C=O) groups excluding carboxylic acids is 1. The van der Waals surface area contributed by atoms with Crippen molar-refractivity contribution in [2.45, 2.75) is 19.4 Å². The molecule has 2 N–H and O–H groups in total. The minimum absolute atomic E-state index is 0.00321. The van der Waals surface area contributed by atoms with E-state index in [0.717, 1.165) is 4.68 Å². The fourth-order valence-corrected chi connectivity index (χ4v) is 2.63. The van der Waals surface area contributed by atoms with Gasteiger partial charge in [-0.15, -0.1) is 0 Å². The Kier molecular flexibility index (Phi) is 5.35. The van der Waals surface area contributed by atoms with Crippen LogP contribution in [0.5, 0.6) is 0 Å². The third kappa shape index (κ3) is 4.47. The molecule has 2 aromatic heterocycles. The summed E-state index contributed by atoms with van der Waals surface area (Å²) >= 11 is 5.95. The Morgan fingerprint density at radius 3 is 2.54 bits per heavy atom. The number of carbonyl (C=O) groups is 1. The van der Waals surface area contributed by atoms with Gasteiger partial charge in [0.15, 0.2) is 0 Å². The monoisotopic (exact) mass is 401 g/mol. The molecule has 0 saturated carbocycles. The van der Waals surface area contributed by atoms with Gasteiger partial charge in [0, 0.05) is 24.2 Å². The summed E-state index contributed by atoms with van der Waals surface area (Å²) in [4.78, 5) is 25.5. The number of aliphatic hydroxyl groups is 1. The van der Waals surface area contributed by atoms with Crippen molar-refractivity contribution in [3.63, 3.8) is 0 Å². The Hall–Kier alpha value is -2.97. The van der Waals surface area contributed by atoms with Gasteiger partial charge < -0.3 is 10.4 Å². The number of nitrogens with one attached hydrogen (secondary N) is 1. The molecule has 0 aliphatic rings. The van der Waals surface area contributed by atoms with Crippen molar-refractivity contribution in [2.24, 2.45) is 7.05 Å². The van der Waals surface area contributed by atoms with Crippen molar-refractivity contribution in [3.05, 3.63) is 63.7 Å². The van der Waals surface area contributed by atoms with Gasteiger partial charge in [0.25, 0.3) is 11.5 Å². The van der Waals surface area contributed by atoms with Crippen molar-refractivity contribution in [1.29, 1.82) is 0 Å². The van der Waals surface area contributed by atoms with Crippen LogP contribution in [0.1, 0.15) is 24.2 Å². The van der Waals surface area contributed by atoms with E-state index in [0.29, 0.717) is 22.0 Å². The molecule has 0 aliphatic carbocycles. The van der Waals surface area contributed by atoms with Crippen LogP contribution >= 0.6 is 11.6 Å². The second-order valence-corrected chi connectivity index (χ2v) is 7.47. The summed E-state index contributed by atoms with van der Waals surface area (Å²) in [5.74, 6) is -0.595. The van der Waals surface area contributed by atoms with Crippen LogP contribution in [-0.2, 0) is 7.05 Å². The normalized spacial score (nSPS) is 11.5. The van der Waals surface area contributed by atoms with Crippen LogP contribution in [0.15, 0.2) is 47.5 Å². The molecular formula is C19H20ClN5O3. The summed E-state index contributed by atoms with van der Waals surface area (Å²) in [6.07, 6.45) is 3.11. The number of hydrogen-bond donors (Lipinski definition) is 2. The average Bonchev–Trinajstić information content (AvgIpc) is 3.06. The molecule has 0 unspecified atom stereocenters. The Bertz CT molecular complexity index is 1060. The summed E-state index contributed by atoms with van der Waals surface area (Å²) in [7, 11) is 1.72. The maximum absolute atomic E-state index is 12.9. The SMILES string of the molecule is Cn1cc(-n2nc(-c3ccc(Cl)cc3)cc(C(=O)NCC(C)(C)O)c2=O)cn1. The molecule has 3 rings (SSSR count). The Morgan fingerprint density at radius 1 is 1.29 bits per heavy atom. The molecule has 0 bridgehead atoms. The van der Waals surface area contributed by atoms with E-state index in [9.17, 15) is 14.7 Å².